The number of anilines is 1. The number of nitrogens with one attached hydrogen (secondary N) is 2. The molecule has 2 aromatic rings. The van der Waals surface area contributed by atoms with Crippen molar-refractivity contribution in [2.45, 2.75) is 31.7 Å². The van der Waals surface area contributed by atoms with Crippen molar-refractivity contribution in [3.05, 3.63) is 58.1 Å². The molecule has 6 nitrogen and oxygen atoms in total. The molecule has 0 aromatic heterocycles. The molecule has 0 fully saturated rings. The van der Waals surface area contributed by atoms with Gasteiger partial charge >= 0.3 is 0 Å². The number of sulfone groups is 1. The van der Waals surface area contributed by atoms with Crippen LogP contribution in [0.1, 0.15) is 31.1 Å². The maximum absolute atomic E-state index is 12.7. The van der Waals surface area contributed by atoms with Crippen molar-refractivity contribution in [2.24, 2.45) is 5.92 Å². The molecule has 0 aliphatic carbocycles. The summed E-state index contributed by atoms with van der Waals surface area (Å²) in [4.78, 5) is 25.4. The molecule has 1 atom stereocenters. The van der Waals surface area contributed by atoms with Gasteiger partial charge in [0.2, 0.25) is 5.91 Å². The van der Waals surface area contributed by atoms with Crippen LogP contribution in [0.5, 0.6) is 0 Å². The predicted molar refractivity (Wildman–Crippen MR) is 115 cm³/mol. The molecule has 1 unspecified atom stereocenters. The standard InChI is InChI=1S/C20H22Cl2N2O4S/c1-4-29(27,28)15-8-6-14(7-9-15)23-20(26)18(12(2)3)24-19(25)16-10-5-13(21)11-17(16)22/h5-12,18H,4H2,1-3H3,(H,23,26)(H,24,25). The Hall–Kier alpha value is -2.09. The SMILES string of the molecule is CCS(=O)(=O)c1ccc(NC(=O)C(NC(=O)c2ccc(Cl)cc2Cl)C(C)C)cc1. The second kappa shape index (κ2) is 9.61. The smallest absolute Gasteiger partial charge is 0.253 e. The van der Waals surface area contributed by atoms with Gasteiger partial charge in [0.15, 0.2) is 9.84 Å². The van der Waals surface area contributed by atoms with E-state index in [1.54, 1.807) is 26.8 Å². The van der Waals surface area contributed by atoms with E-state index in [0.717, 1.165) is 0 Å². The highest BCUT2D eigenvalue weighted by atomic mass is 35.5. The van der Waals surface area contributed by atoms with Crippen molar-refractivity contribution in [3.8, 4) is 0 Å². The van der Waals surface area contributed by atoms with E-state index < -0.39 is 27.7 Å². The summed E-state index contributed by atoms with van der Waals surface area (Å²) in [5.41, 5.74) is 0.637. The van der Waals surface area contributed by atoms with Crippen LogP contribution in [0.3, 0.4) is 0 Å². The Morgan fingerprint density at radius 2 is 1.66 bits per heavy atom. The van der Waals surface area contributed by atoms with E-state index in [-0.39, 0.29) is 27.2 Å². The highest BCUT2D eigenvalue weighted by Gasteiger charge is 2.26. The van der Waals surface area contributed by atoms with Gasteiger partial charge in [0.25, 0.3) is 5.91 Å². The van der Waals surface area contributed by atoms with Crippen molar-refractivity contribution in [2.75, 3.05) is 11.1 Å². The van der Waals surface area contributed by atoms with E-state index in [0.29, 0.717) is 10.7 Å². The topological polar surface area (TPSA) is 92.3 Å². The summed E-state index contributed by atoms with van der Waals surface area (Å²) in [7, 11) is -3.32. The number of carbonyl (C=O) groups is 2. The predicted octanol–water partition coefficient (Wildman–Crippen LogP) is 4.18. The zero-order valence-corrected chi connectivity index (χ0v) is 18.5. The van der Waals surface area contributed by atoms with Crippen molar-refractivity contribution in [1.82, 2.24) is 5.32 Å². The van der Waals surface area contributed by atoms with Crippen LogP contribution in [0.15, 0.2) is 47.4 Å². The number of hydrogen-bond acceptors (Lipinski definition) is 4. The van der Waals surface area contributed by atoms with Crippen molar-refractivity contribution in [3.63, 3.8) is 0 Å². The molecule has 0 aliphatic rings. The maximum atomic E-state index is 12.7. The van der Waals surface area contributed by atoms with Gasteiger partial charge in [-0.1, -0.05) is 44.0 Å². The third-order valence-electron chi connectivity index (χ3n) is 4.27. The van der Waals surface area contributed by atoms with Gasteiger partial charge < -0.3 is 10.6 Å². The minimum Gasteiger partial charge on any atom is -0.340 e. The van der Waals surface area contributed by atoms with Crippen molar-refractivity contribution >= 4 is 50.5 Å². The Bertz CT molecular complexity index is 1010. The first-order chi connectivity index (χ1) is 13.5. The molecular formula is C20H22Cl2N2O4S. The Morgan fingerprint density at radius 3 is 2.17 bits per heavy atom. The fourth-order valence-corrected chi connectivity index (χ4v) is 3.94. The number of amides is 2. The third kappa shape index (κ3) is 5.95. The average molecular weight is 457 g/mol. The lowest BCUT2D eigenvalue weighted by Gasteiger charge is -2.22. The second-order valence-corrected chi connectivity index (χ2v) is 9.86. The van der Waals surface area contributed by atoms with Gasteiger partial charge in [0, 0.05) is 10.7 Å². The zero-order valence-electron chi connectivity index (χ0n) is 16.2. The Balaban J connectivity index is 2.14. The molecule has 0 saturated carbocycles. The normalized spacial score (nSPS) is 12.5. The average Bonchev–Trinajstić information content (AvgIpc) is 2.66. The van der Waals surface area contributed by atoms with Gasteiger partial charge in [-0.3, -0.25) is 9.59 Å². The molecule has 0 bridgehead atoms. The van der Waals surface area contributed by atoms with Crippen LogP contribution in [0.25, 0.3) is 0 Å². The molecule has 0 aliphatic heterocycles. The minimum atomic E-state index is -3.32. The van der Waals surface area contributed by atoms with Gasteiger partial charge in [0.05, 0.1) is 21.2 Å². The number of rotatable bonds is 7. The summed E-state index contributed by atoms with van der Waals surface area (Å²) in [5, 5.41) is 5.97. The first-order valence-electron chi connectivity index (χ1n) is 8.94. The van der Waals surface area contributed by atoms with E-state index >= 15 is 0 Å². The molecule has 9 heteroatoms. The Kier molecular flexibility index (Phi) is 7.68. The summed E-state index contributed by atoms with van der Waals surface area (Å²) in [6.07, 6.45) is 0. The van der Waals surface area contributed by atoms with Gasteiger partial charge in [0.1, 0.15) is 6.04 Å². The van der Waals surface area contributed by atoms with Crippen LogP contribution in [-0.2, 0) is 14.6 Å². The van der Waals surface area contributed by atoms with Crippen LogP contribution in [0.2, 0.25) is 10.0 Å². The van der Waals surface area contributed by atoms with Crippen LogP contribution in [0, 0.1) is 5.92 Å². The van der Waals surface area contributed by atoms with Crippen molar-refractivity contribution < 1.29 is 18.0 Å². The summed E-state index contributed by atoms with van der Waals surface area (Å²) in [5.74, 6) is -1.13. The molecule has 29 heavy (non-hydrogen) atoms. The van der Waals surface area contributed by atoms with Crippen LogP contribution in [0.4, 0.5) is 5.69 Å². The Morgan fingerprint density at radius 1 is 1.03 bits per heavy atom. The lowest BCUT2D eigenvalue weighted by atomic mass is 10.0. The second-order valence-electron chi connectivity index (χ2n) is 6.74. The summed E-state index contributed by atoms with van der Waals surface area (Å²) in [6, 6.07) is 9.55. The molecule has 0 spiro atoms. The molecule has 0 radical (unpaired) electrons. The first kappa shape index (κ1) is 23.2. The van der Waals surface area contributed by atoms with Gasteiger partial charge in [-0.05, 0) is 48.4 Å². The van der Waals surface area contributed by atoms with E-state index in [4.69, 9.17) is 23.2 Å². The van der Waals surface area contributed by atoms with E-state index in [1.807, 2.05) is 0 Å². The van der Waals surface area contributed by atoms with Gasteiger partial charge in [-0.15, -0.1) is 0 Å². The summed E-state index contributed by atoms with van der Waals surface area (Å²) < 4.78 is 23.8. The molecule has 2 rings (SSSR count). The lowest BCUT2D eigenvalue weighted by Crippen LogP contribution is -2.47. The largest absolute Gasteiger partial charge is 0.340 e. The van der Waals surface area contributed by atoms with Crippen molar-refractivity contribution in [1.29, 1.82) is 0 Å². The fourth-order valence-electron chi connectivity index (χ4n) is 2.56. The van der Waals surface area contributed by atoms with Crippen LogP contribution in [-0.4, -0.2) is 32.0 Å². The fraction of sp³-hybridized carbons (Fsp3) is 0.300. The van der Waals surface area contributed by atoms with Crippen LogP contribution >= 0.6 is 23.2 Å². The van der Waals surface area contributed by atoms with Gasteiger partial charge in [-0.2, -0.15) is 0 Å². The summed E-state index contributed by atoms with van der Waals surface area (Å²) in [6.45, 7) is 5.16. The monoisotopic (exact) mass is 456 g/mol. The quantitative estimate of drug-likeness (QED) is 0.653. The lowest BCUT2D eigenvalue weighted by molar-refractivity contribution is -0.118. The van der Waals surface area contributed by atoms with E-state index in [9.17, 15) is 18.0 Å². The number of halogens is 2. The van der Waals surface area contributed by atoms with E-state index in [1.165, 1.54) is 36.4 Å². The summed E-state index contributed by atoms with van der Waals surface area (Å²) >= 11 is 11.9. The molecule has 156 valence electrons. The molecule has 2 aromatic carbocycles. The zero-order chi connectivity index (χ0) is 21.8. The van der Waals surface area contributed by atoms with Crippen LogP contribution < -0.4 is 10.6 Å². The molecular weight excluding hydrogens is 435 g/mol. The molecule has 2 amide bonds. The van der Waals surface area contributed by atoms with Gasteiger partial charge in [-0.25, -0.2) is 8.42 Å². The molecule has 2 N–H and O–H groups in total. The Labute approximate surface area is 180 Å². The number of benzene rings is 2. The highest BCUT2D eigenvalue weighted by Crippen LogP contribution is 2.21. The molecule has 0 saturated heterocycles. The number of hydrogen-bond donors (Lipinski definition) is 2. The minimum absolute atomic E-state index is 0.00653. The van der Waals surface area contributed by atoms with E-state index in [2.05, 4.69) is 10.6 Å². The maximum Gasteiger partial charge on any atom is 0.253 e. The first-order valence-corrected chi connectivity index (χ1v) is 11.4. The highest BCUT2D eigenvalue weighted by molar-refractivity contribution is 7.91. The molecule has 0 heterocycles. The third-order valence-corrected chi connectivity index (χ3v) is 6.57. The number of carbonyl (C=O) groups excluding carboxylic acids is 2.